The maximum absolute atomic E-state index is 11.2. The van der Waals surface area contributed by atoms with Gasteiger partial charge in [0.15, 0.2) is 0 Å². The molecule has 0 spiro atoms. The molecule has 1 fully saturated rings. The second-order valence-electron chi connectivity index (χ2n) is 6.31. The molecule has 1 aliphatic carbocycles. The summed E-state index contributed by atoms with van der Waals surface area (Å²) in [6.07, 6.45) is 2.88. The van der Waals surface area contributed by atoms with Gasteiger partial charge >= 0.3 is 5.97 Å². The van der Waals surface area contributed by atoms with E-state index in [9.17, 15) is 9.90 Å². The Bertz CT molecular complexity index is 445. The van der Waals surface area contributed by atoms with Crippen LogP contribution >= 0.6 is 11.8 Å². The minimum absolute atomic E-state index is 0.167. The number of carboxylic acid groups (broad SMARTS) is 1. The Kier molecular flexibility index (Phi) is 4.24. The van der Waals surface area contributed by atoms with Gasteiger partial charge in [-0.15, -0.1) is 11.8 Å². The zero-order valence-electron chi connectivity index (χ0n) is 11.8. The minimum Gasteiger partial charge on any atom is -0.481 e. The molecule has 0 saturated heterocycles. The molecule has 2 rings (SSSR count). The number of hydrogen-bond acceptors (Lipinski definition) is 2. The molecule has 1 aromatic rings. The molecule has 2 unspecified atom stereocenters. The van der Waals surface area contributed by atoms with Crippen LogP contribution in [0, 0.1) is 5.92 Å². The smallest absolute Gasteiger partial charge is 0.307 e. The molecule has 0 amide bonds. The lowest BCUT2D eigenvalue weighted by molar-refractivity contribution is -0.141. The van der Waals surface area contributed by atoms with E-state index in [1.807, 2.05) is 0 Å². The number of hydrogen-bond donors (Lipinski definition) is 1. The zero-order chi connectivity index (χ0) is 14.0. The molecule has 0 bridgehead atoms. The Morgan fingerprint density at radius 3 is 2.37 bits per heavy atom. The first kappa shape index (κ1) is 14.4. The van der Waals surface area contributed by atoms with Crippen LogP contribution in [0.5, 0.6) is 0 Å². The van der Waals surface area contributed by atoms with E-state index >= 15 is 0 Å². The van der Waals surface area contributed by atoms with Gasteiger partial charge in [0.2, 0.25) is 0 Å². The lowest BCUT2D eigenvalue weighted by Crippen LogP contribution is -2.19. The molecule has 3 heteroatoms. The van der Waals surface area contributed by atoms with E-state index in [2.05, 4.69) is 45.0 Å². The van der Waals surface area contributed by atoms with Crippen LogP contribution in [0.15, 0.2) is 29.2 Å². The van der Waals surface area contributed by atoms with Crippen LogP contribution in [-0.4, -0.2) is 16.3 Å². The van der Waals surface area contributed by atoms with Crippen molar-refractivity contribution in [2.75, 3.05) is 0 Å². The van der Waals surface area contributed by atoms with E-state index in [0.29, 0.717) is 0 Å². The van der Waals surface area contributed by atoms with Crippen molar-refractivity contribution < 1.29 is 9.90 Å². The van der Waals surface area contributed by atoms with Crippen molar-refractivity contribution in [3.8, 4) is 0 Å². The lowest BCUT2D eigenvalue weighted by atomic mass is 9.87. The van der Waals surface area contributed by atoms with Crippen molar-refractivity contribution in [3.05, 3.63) is 29.8 Å². The molecule has 1 aromatic carbocycles. The first-order valence-corrected chi connectivity index (χ1v) is 7.76. The third kappa shape index (κ3) is 3.53. The maximum Gasteiger partial charge on any atom is 0.307 e. The van der Waals surface area contributed by atoms with E-state index in [1.54, 1.807) is 11.8 Å². The molecule has 1 aliphatic rings. The van der Waals surface area contributed by atoms with Crippen molar-refractivity contribution in [2.45, 2.75) is 55.6 Å². The van der Waals surface area contributed by atoms with Crippen LogP contribution < -0.4 is 0 Å². The molecular weight excluding hydrogens is 256 g/mol. The fourth-order valence-corrected chi connectivity index (χ4v) is 3.90. The van der Waals surface area contributed by atoms with Crippen LogP contribution in [-0.2, 0) is 10.2 Å². The average Bonchev–Trinajstić information content (AvgIpc) is 2.77. The summed E-state index contributed by atoms with van der Waals surface area (Å²) in [5, 5.41) is 9.43. The van der Waals surface area contributed by atoms with Crippen molar-refractivity contribution >= 4 is 17.7 Å². The van der Waals surface area contributed by atoms with Gasteiger partial charge in [0.1, 0.15) is 0 Å². The van der Waals surface area contributed by atoms with Crippen molar-refractivity contribution in [1.82, 2.24) is 0 Å². The number of carboxylic acids is 1. The van der Waals surface area contributed by atoms with Gasteiger partial charge < -0.3 is 5.11 Å². The molecule has 0 radical (unpaired) electrons. The van der Waals surface area contributed by atoms with Crippen LogP contribution in [0.25, 0.3) is 0 Å². The highest BCUT2D eigenvalue weighted by atomic mass is 32.2. The van der Waals surface area contributed by atoms with Gasteiger partial charge in [-0.25, -0.2) is 0 Å². The topological polar surface area (TPSA) is 37.3 Å². The molecule has 104 valence electrons. The molecule has 1 saturated carbocycles. The molecule has 1 N–H and O–H groups in total. The standard InChI is InChI=1S/C16H22O2S/c1-16(2,3)11-7-9-12(10-8-11)19-14-6-4-5-13(14)15(17)18/h7-10,13-14H,4-6H2,1-3H3,(H,17,18). The van der Waals surface area contributed by atoms with Gasteiger partial charge in [0.25, 0.3) is 0 Å². The van der Waals surface area contributed by atoms with Gasteiger partial charge in [0.05, 0.1) is 5.92 Å². The summed E-state index contributed by atoms with van der Waals surface area (Å²) in [5.41, 5.74) is 1.48. The minimum atomic E-state index is -0.638. The number of thioether (sulfide) groups is 1. The predicted octanol–water partition coefficient (Wildman–Crippen LogP) is 4.33. The largest absolute Gasteiger partial charge is 0.481 e. The van der Waals surface area contributed by atoms with Gasteiger partial charge in [-0.05, 0) is 36.0 Å². The van der Waals surface area contributed by atoms with Crippen LogP contribution in [0.2, 0.25) is 0 Å². The van der Waals surface area contributed by atoms with Gasteiger partial charge in [-0.2, -0.15) is 0 Å². The third-order valence-electron chi connectivity index (χ3n) is 3.78. The fraction of sp³-hybridized carbons (Fsp3) is 0.562. The van der Waals surface area contributed by atoms with Crippen molar-refractivity contribution in [1.29, 1.82) is 0 Å². The second kappa shape index (κ2) is 5.58. The van der Waals surface area contributed by atoms with E-state index < -0.39 is 5.97 Å². The predicted molar refractivity (Wildman–Crippen MR) is 79.8 cm³/mol. The molecule has 2 atom stereocenters. The number of aliphatic carboxylic acids is 1. The summed E-state index contributed by atoms with van der Waals surface area (Å²) in [5.74, 6) is -0.811. The van der Waals surface area contributed by atoms with Crippen LogP contribution in [0.4, 0.5) is 0 Å². The Hall–Kier alpha value is -0.960. The number of rotatable bonds is 3. The highest BCUT2D eigenvalue weighted by Crippen LogP contribution is 2.39. The summed E-state index contributed by atoms with van der Waals surface area (Å²) in [6.45, 7) is 6.60. The summed E-state index contributed by atoms with van der Waals surface area (Å²) in [6, 6.07) is 8.57. The molecule has 0 heterocycles. The van der Waals surface area contributed by atoms with E-state index in [-0.39, 0.29) is 16.6 Å². The SMILES string of the molecule is CC(C)(C)c1ccc(SC2CCCC2C(=O)O)cc1. The normalized spacial score (nSPS) is 23.5. The van der Waals surface area contributed by atoms with Gasteiger partial charge in [-0.3, -0.25) is 4.79 Å². The molecule has 2 nitrogen and oxygen atoms in total. The Morgan fingerprint density at radius 1 is 1.21 bits per heavy atom. The average molecular weight is 278 g/mol. The monoisotopic (exact) mass is 278 g/mol. The summed E-state index contributed by atoms with van der Waals surface area (Å²) in [7, 11) is 0. The highest BCUT2D eigenvalue weighted by Gasteiger charge is 2.33. The Labute approximate surface area is 119 Å². The second-order valence-corrected chi connectivity index (χ2v) is 7.62. The zero-order valence-corrected chi connectivity index (χ0v) is 12.7. The third-order valence-corrected chi connectivity index (χ3v) is 5.19. The van der Waals surface area contributed by atoms with Crippen molar-refractivity contribution in [2.24, 2.45) is 5.92 Å². The van der Waals surface area contributed by atoms with Gasteiger partial charge in [-0.1, -0.05) is 39.3 Å². The van der Waals surface area contributed by atoms with Crippen LogP contribution in [0.1, 0.15) is 45.6 Å². The molecule has 0 aromatic heterocycles. The Balaban J connectivity index is 2.06. The lowest BCUT2D eigenvalue weighted by Gasteiger charge is -2.20. The highest BCUT2D eigenvalue weighted by molar-refractivity contribution is 8.00. The summed E-state index contributed by atoms with van der Waals surface area (Å²) < 4.78 is 0. The first-order chi connectivity index (χ1) is 8.88. The molecular formula is C16H22O2S. The quantitative estimate of drug-likeness (QED) is 0.894. The number of carbonyl (C=O) groups is 1. The molecule has 0 aliphatic heterocycles. The molecule has 19 heavy (non-hydrogen) atoms. The van der Waals surface area contributed by atoms with E-state index in [4.69, 9.17) is 0 Å². The van der Waals surface area contributed by atoms with Crippen LogP contribution in [0.3, 0.4) is 0 Å². The first-order valence-electron chi connectivity index (χ1n) is 6.88. The maximum atomic E-state index is 11.2. The van der Waals surface area contributed by atoms with E-state index in [0.717, 1.165) is 19.3 Å². The number of benzene rings is 1. The van der Waals surface area contributed by atoms with Gasteiger partial charge in [0, 0.05) is 10.1 Å². The Morgan fingerprint density at radius 2 is 1.84 bits per heavy atom. The van der Waals surface area contributed by atoms with E-state index in [1.165, 1.54) is 10.5 Å². The van der Waals surface area contributed by atoms with Crippen molar-refractivity contribution in [3.63, 3.8) is 0 Å². The summed E-state index contributed by atoms with van der Waals surface area (Å²) in [4.78, 5) is 12.4. The summed E-state index contributed by atoms with van der Waals surface area (Å²) >= 11 is 1.73. The fourth-order valence-electron chi connectivity index (χ4n) is 2.56.